The third-order valence-corrected chi connectivity index (χ3v) is 5.57. The minimum atomic E-state index is -0.312. The highest BCUT2D eigenvalue weighted by atomic mass is 16.2. The Morgan fingerprint density at radius 2 is 1.77 bits per heavy atom. The number of anilines is 1. The lowest BCUT2D eigenvalue weighted by molar-refractivity contribution is -0.139. The SMILES string of the molecule is O=C(NC1CC1)[C@@H]1CCCN(C(=O)[C@H]2CC(=O)N(c3ccccc3)C2)C1. The maximum absolute atomic E-state index is 12.9. The fourth-order valence-corrected chi connectivity index (χ4v) is 3.93. The Hall–Kier alpha value is -2.37. The number of rotatable bonds is 4. The second-order valence-corrected chi connectivity index (χ2v) is 7.65. The lowest BCUT2D eigenvalue weighted by atomic mass is 9.95. The second kappa shape index (κ2) is 7.09. The van der Waals surface area contributed by atoms with Crippen molar-refractivity contribution in [2.24, 2.45) is 11.8 Å². The van der Waals surface area contributed by atoms with E-state index in [2.05, 4.69) is 5.32 Å². The highest BCUT2D eigenvalue weighted by molar-refractivity contribution is 6.00. The standard InChI is InChI=1S/C20H25N3O3/c24-18-11-15(13-23(18)17-6-2-1-3-7-17)20(26)22-10-4-5-14(12-22)19(25)21-16-8-9-16/h1-3,6-7,14-16H,4-5,8-13H2,(H,21,25)/t14-,15+/m1/s1. The molecule has 1 saturated carbocycles. The Kier molecular flexibility index (Phi) is 4.66. The average molecular weight is 355 g/mol. The predicted octanol–water partition coefficient (Wildman–Crippen LogP) is 1.56. The normalized spacial score (nSPS) is 26.1. The van der Waals surface area contributed by atoms with Gasteiger partial charge in [-0.2, -0.15) is 0 Å². The molecule has 1 aromatic carbocycles. The van der Waals surface area contributed by atoms with Crippen LogP contribution in [-0.4, -0.2) is 48.3 Å². The number of amides is 3. The number of hydrogen-bond donors (Lipinski definition) is 1. The van der Waals surface area contributed by atoms with Gasteiger partial charge in [-0.05, 0) is 37.8 Å². The molecule has 4 rings (SSSR count). The van der Waals surface area contributed by atoms with Gasteiger partial charge >= 0.3 is 0 Å². The second-order valence-electron chi connectivity index (χ2n) is 7.65. The molecule has 1 aliphatic carbocycles. The molecule has 1 aromatic rings. The van der Waals surface area contributed by atoms with E-state index in [0.717, 1.165) is 31.4 Å². The number of piperidine rings is 1. The van der Waals surface area contributed by atoms with Crippen molar-refractivity contribution in [1.29, 1.82) is 0 Å². The fourth-order valence-electron chi connectivity index (χ4n) is 3.93. The Balaban J connectivity index is 1.37. The number of benzene rings is 1. The fraction of sp³-hybridized carbons (Fsp3) is 0.550. The van der Waals surface area contributed by atoms with Gasteiger partial charge in [0, 0.05) is 37.8 Å². The summed E-state index contributed by atoms with van der Waals surface area (Å²) in [6.45, 7) is 1.59. The monoisotopic (exact) mass is 355 g/mol. The van der Waals surface area contributed by atoms with E-state index >= 15 is 0 Å². The summed E-state index contributed by atoms with van der Waals surface area (Å²) < 4.78 is 0. The first kappa shape index (κ1) is 17.1. The van der Waals surface area contributed by atoms with Crippen LogP contribution in [0.1, 0.15) is 32.1 Å². The minimum Gasteiger partial charge on any atom is -0.353 e. The van der Waals surface area contributed by atoms with E-state index in [9.17, 15) is 14.4 Å². The molecule has 26 heavy (non-hydrogen) atoms. The molecule has 2 aliphatic heterocycles. The van der Waals surface area contributed by atoms with Gasteiger partial charge in [0.05, 0.1) is 11.8 Å². The Bertz CT molecular complexity index is 702. The highest BCUT2D eigenvalue weighted by Crippen LogP contribution is 2.28. The molecule has 3 fully saturated rings. The first-order valence-electron chi connectivity index (χ1n) is 9.56. The molecule has 0 aromatic heterocycles. The smallest absolute Gasteiger partial charge is 0.228 e. The van der Waals surface area contributed by atoms with E-state index in [1.165, 1.54) is 0 Å². The minimum absolute atomic E-state index is 0.00501. The molecule has 0 unspecified atom stereocenters. The van der Waals surface area contributed by atoms with Crippen molar-refractivity contribution >= 4 is 23.4 Å². The highest BCUT2D eigenvalue weighted by Gasteiger charge is 2.39. The summed E-state index contributed by atoms with van der Waals surface area (Å²) in [6, 6.07) is 9.83. The van der Waals surface area contributed by atoms with Gasteiger partial charge in [-0.3, -0.25) is 14.4 Å². The number of hydrogen-bond acceptors (Lipinski definition) is 3. The molecular weight excluding hydrogens is 330 g/mol. The zero-order valence-corrected chi connectivity index (χ0v) is 14.9. The molecule has 3 amide bonds. The van der Waals surface area contributed by atoms with Crippen LogP contribution in [0, 0.1) is 11.8 Å². The van der Waals surface area contributed by atoms with E-state index in [4.69, 9.17) is 0 Å². The summed E-state index contributed by atoms with van der Waals surface area (Å²) >= 11 is 0. The number of carbonyl (C=O) groups is 3. The Labute approximate surface area is 153 Å². The zero-order valence-electron chi connectivity index (χ0n) is 14.9. The van der Waals surface area contributed by atoms with Crippen LogP contribution in [-0.2, 0) is 14.4 Å². The van der Waals surface area contributed by atoms with E-state index in [0.29, 0.717) is 25.7 Å². The Morgan fingerprint density at radius 3 is 2.50 bits per heavy atom. The molecule has 0 bridgehead atoms. The van der Waals surface area contributed by atoms with Gasteiger partial charge in [0.25, 0.3) is 0 Å². The maximum atomic E-state index is 12.9. The number of likely N-dealkylation sites (tertiary alicyclic amines) is 1. The molecule has 3 aliphatic rings. The first-order valence-corrected chi connectivity index (χ1v) is 9.56. The molecular formula is C20H25N3O3. The van der Waals surface area contributed by atoms with Gasteiger partial charge in [0.1, 0.15) is 0 Å². The molecule has 6 nitrogen and oxygen atoms in total. The van der Waals surface area contributed by atoms with Crippen LogP contribution in [0.15, 0.2) is 30.3 Å². The van der Waals surface area contributed by atoms with E-state index in [1.54, 1.807) is 9.80 Å². The summed E-state index contributed by atoms with van der Waals surface area (Å²) in [5, 5.41) is 3.05. The van der Waals surface area contributed by atoms with Crippen LogP contribution in [0.4, 0.5) is 5.69 Å². The van der Waals surface area contributed by atoms with Gasteiger partial charge in [-0.15, -0.1) is 0 Å². The molecule has 0 radical (unpaired) electrons. The van der Waals surface area contributed by atoms with Crippen LogP contribution < -0.4 is 10.2 Å². The van der Waals surface area contributed by atoms with Crippen molar-refractivity contribution in [3.05, 3.63) is 30.3 Å². The van der Waals surface area contributed by atoms with Crippen LogP contribution in [0.3, 0.4) is 0 Å². The first-order chi connectivity index (χ1) is 12.6. The van der Waals surface area contributed by atoms with Gasteiger partial charge < -0.3 is 15.1 Å². The molecule has 6 heteroatoms. The summed E-state index contributed by atoms with van der Waals surface area (Å²) in [5.74, 6) is -0.336. The predicted molar refractivity (Wildman–Crippen MR) is 97.4 cm³/mol. The van der Waals surface area contributed by atoms with E-state index in [1.807, 2.05) is 30.3 Å². The number of nitrogens with one attached hydrogen (secondary N) is 1. The van der Waals surface area contributed by atoms with Gasteiger partial charge in [-0.25, -0.2) is 0 Å². The van der Waals surface area contributed by atoms with Crippen molar-refractivity contribution in [2.75, 3.05) is 24.5 Å². The van der Waals surface area contributed by atoms with E-state index in [-0.39, 0.29) is 36.0 Å². The van der Waals surface area contributed by atoms with Crippen molar-refractivity contribution in [3.63, 3.8) is 0 Å². The number of carbonyl (C=O) groups excluding carboxylic acids is 3. The number of para-hydroxylation sites is 1. The molecule has 2 saturated heterocycles. The summed E-state index contributed by atoms with van der Waals surface area (Å²) in [5.41, 5.74) is 0.841. The topological polar surface area (TPSA) is 69.7 Å². The van der Waals surface area contributed by atoms with Crippen molar-refractivity contribution in [1.82, 2.24) is 10.2 Å². The van der Waals surface area contributed by atoms with Gasteiger partial charge in [0.15, 0.2) is 0 Å². The lowest BCUT2D eigenvalue weighted by Gasteiger charge is -2.33. The van der Waals surface area contributed by atoms with Gasteiger partial charge in [0.2, 0.25) is 17.7 Å². The molecule has 0 spiro atoms. The average Bonchev–Trinajstić information content (AvgIpc) is 3.40. The van der Waals surface area contributed by atoms with Gasteiger partial charge in [-0.1, -0.05) is 18.2 Å². The lowest BCUT2D eigenvalue weighted by Crippen LogP contribution is -2.48. The molecule has 138 valence electrons. The summed E-state index contributed by atoms with van der Waals surface area (Å²) in [4.78, 5) is 41.1. The Morgan fingerprint density at radius 1 is 1.00 bits per heavy atom. The zero-order chi connectivity index (χ0) is 18.1. The third kappa shape index (κ3) is 3.59. The summed E-state index contributed by atoms with van der Waals surface area (Å²) in [7, 11) is 0. The van der Waals surface area contributed by atoms with Crippen LogP contribution >= 0.6 is 0 Å². The third-order valence-electron chi connectivity index (χ3n) is 5.57. The van der Waals surface area contributed by atoms with Crippen LogP contribution in [0.25, 0.3) is 0 Å². The van der Waals surface area contributed by atoms with Crippen LogP contribution in [0.5, 0.6) is 0 Å². The molecule has 2 atom stereocenters. The molecule has 2 heterocycles. The van der Waals surface area contributed by atoms with Crippen molar-refractivity contribution in [3.8, 4) is 0 Å². The van der Waals surface area contributed by atoms with Crippen LogP contribution in [0.2, 0.25) is 0 Å². The van der Waals surface area contributed by atoms with E-state index < -0.39 is 0 Å². The largest absolute Gasteiger partial charge is 0.353 e. The quantitative estimate of drug-likeness (QED) is 0.891. The summed E-state index contributed by atoms with van der Waals surface area (Å²) in [6.07, 6.45) is 4.07. The number of nitrogens with zero attached hydrogens (tertiary/aromatic N) is 2. The van der Waals surface area contributed by atoms with Crippen molar-refractivity contribution < 1.29 is 14.4 Å². The van der Waals surface area contributed by atoms with Crippen molar-refractivity contribution in [2.45, 2.75) is 38.1 Å². The maximum Gasteiger partial charge on any atom is 0.228 e. The molecule has 1 N–H and O–H groups in total.